The maximum atomic E-state index is 8.01. The number of benzene rings is 6. The number of rotatable bonds is 1. The Morgan fingerprint density at radius 3 is 1.71 bits per heavy atom. The van der Waals surface area contributed by atoms with Gasteiger partial charge in [0.1, 0.15) is 23.3 Å². The molecule has 0 amide bonds. The Bertz CT molecular complexity index is 7080. The van der Waals surface area contributed by atoms with Gasteiger partial charge in [0.2, 0.25) is 17.2 Å². The van der Waals surface area contributed by atoms with E-state index in [-0.39, 0.29) is 0 Å². The lowest BCUT2D eigenvalue weighted by Crippen LogP contribution is -2.32. The average Bonchev–Trinajstić information content (AvgIpc) is 1.55. The molecule has 103 heavy (non-hydrogen) atoms. The van der Waals surface area contributed by atoms with E-state index in [1.807, 2.05) is 125 Å². The van der Waals surface area contributed by atoms with Gasteiger partial charge in [0.25, 0.3) is 39.0 Å². The van der Waals surface area contributed by atoms with Crippen molar-refractivity contribution in [2.24, 2.45) is 14.0 Å². The Balaban J connectivity index is 0.0000000830. The summed E-state index contributed by atoms with van der Waals surface area (Å²) >= 11 is 1.86. The number of para-hydroxylation sites is 1. The van der Waals surface area contributed by atoms with Gasteiger partial charge in [0.05, 0.1) is 113 Å². The molecule has 26 rings (SSSR count). The van der Waals surface area contributed by atoms with E-state index in [2.05, 4.69) is 229 Å². The van der Waals surface area contributed by atoms with Gasteiger partial charge < -0.3 is 4.42 Å². The van der Waals surface area contributed by atoms with Gasteiger partial charge in [-0.15, -0.1) is 0 Å². The van der Waals surface area contributed by atoms with Gasteiger partial charge in [-0.2, -0.15) is 13.7 Å². The van der Waals surface area contributed by atoms with Gasteiger partial charge in [-0.3, -0.25) is 37.7 Å². The third-order valence-electron chi connectivity index (χ3n) is 21.1. The van der Waals surface area contributed by atoms with E-state index in [1.165, 1.54) is 104 Å². The summed E-state index contributed by atoms with van der Waals surface area (Å²) < 4.78 is 58.4. The van der Waals surface area contributed by atoms with Crippen molar-refractivity contribution in [2.45, 2.75) is 32.7 Å². The number of nitrogens with zero attached hydrogens (tertiary/aromatic N) is 18. The number of hydrogen-bond donors (Lipinski definition) is 0. The van der Waals surface area contributed by atoms with E-state index in [4.69, 9.17) is 8.53 Å². The Labute approximate surface area is 594 Å². The number of oxazole rings is 1. The van der Waals surface area contributed by atoms with E-state index < -0.39 is 6.98 Å². The van der Waals surface area contributed by atoms with Crippen LogP contribution < -0.4 is 22.8 Å². The van der Waals surface area contributed by atoms with E-state index >= 15 is 0 Å². The van der Waals surface area contributed by atoms with E-state index in [0.29, 0.717) is 12.1 Å². The highest BCUT2D eigenvalue weighted by Crippen LogP contribution is 2.40. The SMILES string of the molecule is C[n+]1c2n(c3cc4cnccn4c31)Cc1ccccc1-2.[2H]C([2H])([2H])n1c2[n+](c3c1cc1ccncn13)Cc1ccccc1-2.c1ccc(-n2c3[n+](c4cc5cnccn5c42)Cc2ccccc2-3)cc1.c1ccc2c(c1)C[n+]1c-2oc2c1cc1cnccn12.c1ccc2c(c1)C[n+]1c-2sc2c1cc1cnccn12. The standard InChI is InChI=1S/C21H15N4.2C16H13N4.C15H10N3O.C15H10N3S/c1-2-7-16(8-3-1)25-20-18-9-5-4-6-15(18)14-24(20)19-12-17-13-22-10-11-23(17)21(19)25;1-18-15-13-5-3-2-4-11(13)10-20(15)14-8-12-9-17-6-7-19(12)16(14)18;1-18-14-8-12-6-7-17-10-20(12)16(14)19-9-11-4-2-3-5-13(11)15(18)19;2*1-2-4-12-10(3-1)9-18-13-7-11-8-16-5-6-17(11)15(13)19-14(12)18/h1-13H,14H2;2-9H,10H2,1H3;2-8,10H,9H2,1H3;2*1-8H,9H2/q5*+1/i;;1D3;;. The van der Waals surface area contributed by atoms with Crippen LogP contribution in [0.1, 0.15) is 31.9 Å². The van der Waals surface area contributed by atoms with Crippen molar-refractivity contribution in [1.29, 1.82) is 0 Å². The van der Waals surface area contributed by atoms with Crippen LogP contribution >= 0.6 is 11.3 Å². The van der Waals surface area contributed by atoms with Crippen LogP contribution in [0.2, 0.25) is 0 Å². The van der Waals surface area contributed by atoms with Gasteiger partial charge in [-0.1, -0.05) is 109 Å². The fourth-order valence-electron chi connectivity index (χ4n) is 16.6. The van der Waals surface area contributed by atoms with Crippen molar-refractivity contribution in [2.75, 3.05) is 0 Å². The van der Waals surface area contributed by atoms with Crippen LogP contribution in [0.15, 0.2) is 279 Å². The average molecular weight is 1360 g/mol. The number of fused-ring (bicyclic) bond motifs is 35. The summed E-state index contributed by atoms with van der Waals surface area (Å²) in [6.07, 6.45) is 26.4. The molecule has 5 aliphatic heterocycles. The fourth-order valence-corrected chi connectivity index (χ4v) is 17.9. The molecule has 0 unspecified atom stereocenters. The second kappa shape index (κ2) is 22.0. The number of imidazole rings is 3. The molecule has 0 saturated carbocycles. The first-order valence-electron chi connectivity index (χ1n) is 35.8. The zero-order valence-electron chi connectivity index (χ0n) is 58.4. The smallest absolute Gasteiger partial charge is 0.380 e. The second-order valence-corrected chi connectivity index (χ2v) is 27.6. The first-order chi connectivity index (χ1) is 52.1. The highest BCUT2D eigenvalue weighted by atomic mass is 32.1. The molecule has 15 aromatic heterocycles. The Hall–Kier alpha value is -13.5. The monoisotopic (exact) mass is 1360 g/mol. The van der Waals surface area contributed by atoms with Crippen LogP contribution in [0.3, 0.4) is 0 Å². The van der Waals surface area contributed by atoms with Crippen LogP contribution in [0.4, 0.5) is 0 Å². The quantitative estimate of drug-likeness (QED) is 0.150. The molecule has 0 fully saturated rings. The molecule has 0 saturated heterocycles. The minimum absolute atomic E-state index is 0.673. The summed E-state index contributed by atoms with van der Waals surface area (Å²) in [5, 5.41) is 1.37. The maximum Gasteiger partial charge on any atom is 0.383 e. The van der Waals surface area contributed by atoms with Crippen LogP contribution in [0, 0.1) is 0 Å². The third-order valence-corrected chi connectivity index (χ3v) is 22.3. The van der Waals surface area contributed by atoms with Crippen molar-refractivity contribution < 1.29 is 31.4 Å². The van der Waals surface area contributed by atoms with Crippen LogP contribution in [0.5, 0.6) is 0 Å². The van der Waals surface area contributed by atoms with Gasteiger partial charge in [0, 0.05) is 96.0 Å². The van der Waals surface area contributed by atoms with Gasteiger partial charge >= 0.3 is 5.89 Å². The first-order valence-corrected chi connectivity index (χ1v) is 35.1. The molecule has 5 aliphatic rings. The second-order valence-electron chi connectivity index (χ2n) is 26.7. The molecule has 20 heteroatoms. The largest absolute Gasteiger partial charge is 0.383 e. The predicted octanol–water partition coefficient (Wildman–Crippen LogP) is 13.1. The van der Waals surface area contributed by atoms with Gasteiger partial charge in [-0.25, -0.2) is 32.1 Å². The van der Waals surface area contributed by atoms with E-state index in [9.17, 15) is 0 Å². The minimum Gasteiger partial charge on any atom is -0.380 e. The molecule has 490 valence electrons. The number of aryl methyl sites for hydroxylation is 2. The Kier molecular flexibility index (Phi) is 11.6. The molecule has 0 N–H and O–H groups in total. The lowest BCUT2D eigenvalue weighted by Gasteiger charge is -2.02. The topological polar surface area (TPSA) is 134 Å². The van der Waals surface area contributed by atoms with Crippen molar-refractivity contribution in [3.05, 3.63) is 303 Å². The number of aromatic nitrogens is 18. The van der Waals surface area contributed by atoms with Crippen LogP contribution in [-0.2, 0) is 46.7 Å². The highest BCUT2D eigenvalue weighted by Gasteiger charge is 2.40. The molecule has 21 aromatic rings. The van der Waals surface area contributed by atoms with Crippen molar-refractivity contribution in [3.8, 4) is 61.9 Å². The molecule has 0 spiro atoms. The summed E-state index contributed by atoms with van der Waals surface area (Å²) in [5.74, 6) is 4.23. The van der Waals surface area contributed by atoms with Crippen molar-refractivity contribution in [1.82, 2.24) is 60.6 Å². The van der Waals surface area contributed by atoms with Gasteiger partial charge in [-0.05, 0) is 65.4 Å². The van der Waals surface area contributed by atoms with E-state index in [0.717, 1.165) is 93.5 Å². The predicted molar refractivity (Wildman–Crippen MR) is 395 cm³/mol. The molecule has 0 aliphatic carbocycles. The maximum absolute atomic E-state index is 8.01. The summed E-state index contributed by atoms with van der Waals surface area (Å²) in [7, 11) is 2.14. The third kappa shape index (κ3) is 8.43. The molecular formula is C83H61N18OS+5. The number of thiazole rings is 1. The van der Waals surface area contributed by atoms with Crippen molar-refractivity contribution >= 4 is 94.0 Å². The highest BCUT2D eigenvalue weighted by molar-refractivity contribution is 7.20. The van der Waals surface area contributed by atoms with Crippen LogP contribution in [0.25, 0.3) is 145 Å². The zero-order chi connectivity index (χ0) is 70.2. The molecule has 0 bridgehead atoms. The molecule has 20 heterocycles. The molecular weight excluding hydrogens is 1300 g/mol. The van der Waals surface area contributed by atoms with Crippen molar-refractivity contribution in [3.63, 3.8) is 0 Å². The molecule has 0 radical (unpaired) electrons. The summed E-state index contributed by atoms with van der Waals surface area (Å²) in [4.78, 5) is 22.3. The summed E-state index contributed by atoms with van der Waals surface area (Å²) in [5.41, 5.74) is 29.3. The molecule has 0 atom stereocenters. The summed E-state index contributed by atoms with van der Waals surface area (Å²) in [6, 6.07) is 65.6. The molecule has 6 aromatic carbocycles. The van der Waals surface area contributed by atoms with Gasteiger partial charge in [0.15, 0.2) is 40.8 Å². The Morgan fingerprint density at radius 1 is 0.427 bits per heavy atom. The minimum atomic E-state index is -2.24. The fraction of sp³-hybridized carbons (Fsp3) is 0.0843. The zero-order valence-corrected chi connectivity index (χ0v) is 56.2. The van der Waals surface area contributed by atoms with E-state index in [1.54, 1.807) is 18.7 Å². The Morgan fingerprint density at radius 2 is 0.971 bits per heavy atom. The summed E-state index contributed by atoms with van der Waals surface area (Å²) in [6.45, 7) is 2.15. The number of hydrogen-bond acceptors (Lipinski definition) is 7. The molecule has 19 nitrogen and oxygen atoms in total. The lowest BCUT2D eigenvalue weighted by molar-refractivity contribution is -0.649. The lowest BCUT2D eigenvalue weighted by atomic mass is 10.1. The first kappa shape index (κ1) is 54.5. The normalized spacial score (nSPS) is 13.5. The van der Waals surface area contributed by atoms with Crippen LogP contribution in [-0.4, -0.2) is 60.6 Å².